The highest BCUT2D eigenvalue weighted by Gasteiger charge is 2.37. The minimum Gasteiger partial charge on any atom is -0.453 e. The molecule has 12 nitrogen and oxygen atoms in total. The van der Waals surface area contributed by atoms with Crippen LogP contribution in [-0.2, 0) is 29.1 Å². The van der Waals surface area contributed by atoms with E-state index in [1.54, 1.807) is 15.7 Å². The van der Waals surface area contributed by atoms with Gasteiger partial charge in [0.2, 0.25) is 0 Å². The average Bonchev–Trinajstić information content (AvgIpc) is 3.12. The number of hydrogen-bond donors (Lipinski definition) is 2. The molecule has 0 unspecified atom stereocenters. The van der Waals surface area contributed by atoms with Crippen molar-refractivity contribution in [3.05, 3.63) is 46.5 Å². The predicted molar refractivity (Wildman–Crippen MR) is 118 cm³/mol. The molecular formula is C22H24FN7O5. The number of benzene rings is 1. The van der Waals surface area contributed by atoms with E-state index in [1.165, 1.54) is 26.3 Å². The molecule has 0 aliphatic carbocycles. The summed E-state index contributed by atoms with van der Waals surface area (Å²) in [6.45, 7) is 2.28. The molecule has 1 aromatic carbocycles. The molecule has 0 spiro atoms. The number of aromatic nitrogens is 2. The number of alkyl carbamates (subject to hydrolysis) is 1. The van der Waals surface area contributed by atoms with E-state index in [9.17, 15) is 18.8 Å². The van der Waals surface area contributed by atoms with Gasteiger partial charge in [0.05, 0.1) is 38.0 Å². The number of methoxy groups -OCH3 is 1. The minimum absolute atomic E-state index is 0.0988. The quantitative estimate of drug-likeness (QED) is 0.673. The van der Waals surface area contributed by atoms with E-state index in [0.29, 0.717) is 23.4 Å². The van der Waals surface area contributed by atoms with Crippen molar-refractivity contribution in [2.24, 2.45) is 0 Å². The van der Waals surface area contributed by atoms with Crippen molar-refractivity contribution in [2.75, 3.05) is 26.0 Å². The Hall–Kier alpha value is -4.18. The number of urea groups is 1. The molecule has 0 radical (unpaired) electrons. The molecular weight excluding hydrogens is 461 g/mol. The van der Waals surface area contributed by atoms with Gasteiger partial charge >= 0.3 is 12.1 Å². The van der Waals surface area contributed by atoms with Gasteiger partial charge in [-0.1, -0.05) is 0 Å². The van der Waals surface area contributed by atoms with E-state index < -0.39 is 30.0 Å². The summed E-state index contributed by atoms with van der Waals surface area (Å²) in [6, 6.07) is 4.80. The Morgan fingerprint density at radius 1 is 1.40 bits per heavy atom. The first-order valence-electron chi connectivity index (χ1n) is 10.8. The fourth-order valence-electron chi connectivity index (χ4n) is 4.14. The third kappa shape index (κ3) is 4.73. The van der Waals surface area contributed by atoms with Crippen LogP contribution in [0.2, 0.25) is 0 Å². The molecule has 2 aromatic rings. The van der Waals surface area contributed by atoms with Crippen molar-refractivity contribution >= 4 is 23.7 Å². The lowest BCUT2D eigenvalue weighted by atomic mass is 9.99. The fourth-order valence-corrected chi connectivity index (χ4v) is 4.14. The maximum Gasteiger partial charge on any atom is 0.406 e. The van der Waals surface area contributed by atoms with Gasteiger partial charge in [-0.15, -0.1) is 0 Å². The molecule has 4 rings (SSSR count). The highest BCUT2D eigenvalue weighted by Crippen LogP contribution is 2.29. The topological polar surface area (TPSA) is 142 Å². The Bertz CT molecular complexity index is 1220. The van der Waals surface area contributed by atoms with Gasteiger partial charge in [-0.2, -0.15) is 10.4 Å². The van der Waals surface area contributed by atoms with Crippen molar-refractivity contribution in [1.29, 1.82) is 5.26 Å². The van der Waals surface area contributed by atoms with Crippen LogP contribution in [0.1, 0.15) is 34.2 Å². The summed E-state index contributed by atoms with van der Waals surface area (Å²) in [6.07, 6.45) is -0.779. The Morgan fingerprint density at radius 2 is 2.17 bits per heavy atom. The second kappa shape index (κ2) is 9.59. The Balaban J connectivity index is 1.56. The number of carbonyl (C=O) groups is 3. The van der Waals surface area contributed by atoms with Crippen molar-refractivity contribution in [2.45, 2.75) is 38.6 Å². The van der Waals surface area contributed by atoms with Gasteiger partial charge < -0.3 is 20.3 Å². The van der Waals surface area contributed by atoms with E-state index in [4.69, 9.17) is 10.1 Å². The summed E-state index contributed by atoms with van der Waals surface area (Å²) < 4.78 is 19.7. The maximum atomic E-state index is 13.6. The number of halogens is 1. The van der Waals surface area contributed by atoms with Gasteiger partial charge in [0.25, 0.3) is 5.91 Å². The first-order valence-corrected chi connectivity index (χ1v) is 10.8. The molecule has 2 aliphatic rings. The normalized spacial score (nSPS) is 19.2. The molecule has 0 saturated carbocycles. The van der Waals surface area contributed by atoms with E-state index in [0.717, 1.165) is 11.1 Å². The van der Waals surface area contributed by atoms with E-state index in [2.05, 4.69) is 20.5 Å². The highest BCUT2D eigenvalue weighted by atomic mass is 19.1. The number of carbonyl (C=O) groups excluding carboxylic acids is 3. The number of amides is 4. The number of rotatable bonds is 3. The largest absolute Gasteiger partial charge is 0.453 e. The Morgan fingerprint density at radius 3 is 2.89 bits per heavy atom. The summed E-state index contributed by atoms with van der Waals surface area (Å²) in [5.74, 6) is -1.10. The molecule has 2 N–H and O–H groups in total. The Kier molecular flexibility index (Phi) is 6.57. The summed E-state index contributed by atoms with van der Waals surface area (Å²) in [5.41, 5.74) is 1.72. The lowest BCUT2D eigenvalue weighted by molar-refractivity contribution is -0.146. The zero-order valence-corrected chi connectivity index (χ0v) is 19.4. The smallest absolute Gasteiger partial charge is 0.406 e. The first kappa shape index (κ1) is 24.0. The van der Waals surface area contributed by atoms with Crippen LogP contribution in [0.4, 0.5) is 19.7 Å². The highest BCUT2D eigenvalue weighted by molar-refractivity contribution is 5.94. The molecule has 0 fully saturated rings. The zero-order valence-electron chi connectivity index (χ0n) is 19.4. The average molecular weight is 485 g/mol. The van der Waals surface area contributed by atoms with E-state index >= 15 is 0 Å². The molecule has 13 heteroatoms. The maximum absolute atomic E-state index is 13.6. The van der Waals surface area contributed by atoms with Crippen molar-refractivity contribution in [3.8, 4) is 6.07 Å². The second-order valence-corrected chi connectivity index (χ2v) is 8.28. The third-order valence-electron chi connectivity index (χ3n) is 5.91. The number of nitriles is 1. The standard InChI is InChI=1S/C22H24FN7O5/c1-12-6-18-16(11-29(12)21(32)26-14-4-5-17(23)13(7-14)8-24)19-20(31)28(2)35-15(10-30(19)27-18)9-25-22(33)34-3/h4-5,7,12,15H,6,9-11H2,1-3H3,(H,25,33)(H,26,32)/t12-,15-/m1/s1. The first-order chi connectivity index (χ1) is 16.7. The molecule has 2 atom stereocenters. The van der Waals surface area contributed by atoms with Crippen molar-refractivity contribution < 1.29 is 28.3 Å². The van der Waals surface area contributed by atoms with Crippen LogP contribution in [0.25, 0.3) is 0 Å². The number of nitrogens with zero attached hydrogens (tertiary/aromatic N) is 5. The van der Waals surface area contributed by atoms with Crippen LogP contribution < -0.4 is 10.6 Å². The van der Waals surface area contributed by atoms with Crippen LogP contribution in [0.3, 0.4) is 0 Å². The van der Waals surface area contributed by atoms with Crippen LogP contribution in [0.15, 0.2) is 18.2 Å². The second-order valence-electron chi connectivity index (χ2n) is 8.28. The molecule has 2 aliphatic heterocycles. The lowest BCUT2D eigenvalue weighted by Gasteiger charge is -2.33. The van der Waals surface area contributed by atoms with Crippen LogP contribution in [0.5, 0.6) is 0 Å². The van der Waals surface area contributed by atoms with Gasteiger partial charge in [-0.05, 0) is 25.1 Å². The van der Waals surface area contributed by atoms with Crippen LogP contribution in [-0.4, -0.2) is 70.6 Å². The van der Waals surface area contributed by atoms with Gasteiger partial charge in [0.15, 0.2) is 0 Å². The molecule has 1 aromatic heterocycles. The predicted octanol–water partition coefficient (Wildman–Crippen LogP) is 1.61. The third-order valence-corrected chi connectivity index (χ3v) is 5.91. The molecule has 35 heavy (non-hydrogen) atoms. The number of hydroxylamine groups is 2. The van der Waals surface area contributed by atoms with E-state index in [-0.39, 0.29) is 36.9 Å². The van der Waals surface area contributed by atoms with Crippen LogP contribution in [0, 0.1) is 17.1 Å². The molecule has 0 saturated heterocycles. The molecule has 0 bridgehead atoms. The Labute approximate surface area is 200 Å². The van der Waals surface area contributed by atoms with Crippen molar-refractivity contribution in [3.63, 3.8) is 0 Å². The number of nitrogens with one attached hydrogen (secondary N) is 2. The SMILES string of the molecule is COC(=O)NC[C@@H]1Cn2nc3c(c2C(=O)N(C)O1)CN(C(=O)Nc1ccc(F)c(C#N)c1)[C@H](C)C3. The fraction of sp³-hybridized carbons (Fsp3) is 0.409. The summed E-state index contributed by atoms with van der Waals surface area (Å²) in [7, 11) is 2.72. The van der Waals surface area contributed by atoms with Crippen LogP contribution >= 0.6 is 0 Å². The summed E-state index contributed by atoms with van der Waals surface area (Å²) in [5, 5.41) is 20.0. The molecule has 3 heterocycles. The van der Waals surface area contributed by atoms with Gasteiger partial charge in [0, 0.05) is 30.8 Å². The number of hydrogen-bond acceptors (Lipinski definition) is 7. The van der Waals surface area contributed by atoms with Crippen molar-refractivity contribution in [1.82, 2.24) is 25.1 Å². The monoisotopic (exact) mass is 485 g/mol. The number of fused-ring (bicyclic) bond motifs is 3. The van der Waals surface area contributed by atoms with Gasteiger partial charge in [-0.3, -0.25) is 14.3 Å². The number of ether oxygens (including phenoxy) is 1. The van der Waals surface area contributed by atoms with E-state index in [1.807, 2.05) is 6.92 Å². The number of anilines is 1. The summed E-state index contributed by atoms with van der Waals surface area (Å²) >= 11 is 0. The lowest BCUT2D eigenvalue weighted by Crippen LogP contribution is -2.45. The van der Waals surface area contributed by atoms with Gasteiger partial charge in [0.1, 0.15) is 23.7 Å². The molecule has 184 valence electrons. The zero-order chi connectivity index (χ0) is 25.3. The van der Waals surface area contributed by atoms with Gasteiger partial charge in [-0.25, -0.2) is 19.0 Å². The molecule has 4 amide bonds. The minimum atomic E-state index is -0.672. The summed E-state index contributed by atoms with van der Waals surface area (Å²) in [4.78, 5) is 44.8.